The van der Waals surface area contributed by atoms with E-state index in [4.69, 9.17) is 9.47 Å². The van der Waals surface area contributed by atoms with Crippen LogP contribution in [0.5, 0.6) is 11.5 Å². The Kier molecular flexibility index (Phi) is 6.37. The molecule has 1 aromatic rings. The molecule has 1 unspecified atom stereocenters. The molecule has 2 rings (SSSR count). The number of methoxy groups -OCH3 is 2. The number of rotatable bonds is 4. The van der Waals surface area contributed by atoms with E-state index >= 15 is 0 Å². The van der Waals surface area contributed by atoms with Gasteiger partial charge in [-0.3, -0.25) is 0 Å². The van der Waals surface area contributed by atoms with Gasteiger partial charge < -0.3 is 14.6 Å². The van der Waals surface area contributed by atoms with Crippen molar-refractivity contribution in [1.82, 2.24) is 0 Å². The van der Waals surface area contributed by atoms with E-state index in [0.29, 0.717) is 5.92 Å². The van der Waals surface area contributed by atoms with Gasteiger partial charge in [0.15, 0.2) is 0 Å². The zero-order valence-electron chi connectivity index (χ0n) is 12.9. The van der Waals surface area contributed by atoms with Crippen molar-refractivity contribution in [2.75, 3.05) is 14.2 Å². The standard InChI is InChI=1S/C17H25BrO3/c1-20-15-11-14(18)16(21-2)10-13(15)17(19)12-8-6-4-3-5-7-9-12/h10-12,17,19H,3-9H2,1-2H3. The molecule has 1 fully saturated rings. The van der Waals surface area contributed by atoms with Crippen LogP contribution in [0.15, 0.2) is 16.6 Å². The van der Waals surface area contributed by atoms with Crippen molar-refractivity contribution in [1.29, 1.82) is 0 Å². The summed E-state index contributed by atoms with van der Waals surface area (Å²) >= 11 is 3.46. The molecule has 0 aliphatic heterocycles. The minimum absolute atomic E-state index is 0.310. The topological polar surface area (TPSA) is 38.7 Å². The summed E-state index contributed by atoms with van der Waals surface area (Å²) in [5.41, 5.74) is 0.836. The van der Waals surface area contributed by atoms with E-state index in [1.807, 2.05) is 12.1 Å². The van der Waals surface area contributed by atoms with E-state index in [0.717, 1.165) is 34.4 Å². The Morgan fingerprint density at radius 2 is 1.57 bits per heavy atom. The second kappa shape index (κ2) is 8.04. The number of benzene rings is 1. The third-order valence-electron chi connectivity index (χ3n) is 4.42. The first-order valence-electron chi connectivity index (χ1n) is 7.77. The van der Waals surface area contributed by atoms with Gasteiger partial charge in [0.05, 0.1) is 24.8 Å². The largest absolute Gasteiger partial charge is 0.496 e. The van der Waals surface area contributed by atoms with Crippen molar-refractivity contribution >= 4 is 15.9 Å². The lowest BCUT2D eigenvalue weighted by atomic mass is 9.84. The van der Waals surface area contributed by atoms with Crippen LogP contribution in [0.2, 0.25) is 0 Å². The second-order valence-electron chi connectivity index (χ2n) is 5.78. The Hall–Kier alpha value is -0.740. The molecular weight excluding hydrogens is 332 g/mol. The van der Waals surface area contributed by atoms with Gasteiger partial charge in [0.1, 0.15) is 11.5 Å². The molecule has 1 aliphatic rings. The Labute approximate surface area is 135 Å². The molecule has 0 bridgehead atoms. The van der Waals surface area contributed by atoms with Gasteiger partial charge in [-0.25, -0.2) is 0 Å². The molecule has 3 nitrogen and oxygen atoms in total. The summed E-state index contributed by atoms with van der Waals surface area (Å²) in [6.07, 6.45) is 7.99. The van der Waals surface area contributed by atoms with Gasteiger partial charge in [0.25, 0.3) is 0 Å². The molecule has 118 valence electrons. The first-order valence-corrected chi connectivity index (χ1v) is 8.56. The van der Waals surface area contributed by atoms with Crippen molar-refractivity contribution in [3.05, 3.63) is 22.2 Å². The van der Waals surface area contributed by atoms with E-state index in [2.05, 4.69) is 15.9 Å². The summed E-state index contributed by atoms with van der Waals surface area (Å²) in [6.45, 7) is 0. The normalized spacial score (nSPS) is 18.7. The highest BCUT2D eigenvalue weighted by Gasteiger charge is 2.25. The number of ether oxygens (including phenoxy) is 2. The van der Waals surface area contributed by atoms with Crippen LogP contribution in [-0.4, -0.2) is 19.3 Å². The van der Waals surface area contributed by atoms with Crippen LogP contribution < -0.4 is 9.47 Å². The number of hydrogen-bond acceptors (Lipinski definition) is 3. The lowest BCUT2D eigenvalue weighted by molar-refractivity contribution is 0.0885. The molecule has 0 heterocycles. The maximum absolute atomic E-state index is 10.8. The van der Waals surface area contributed by atoms with E-state index < -0.39 is 6.10 Å². The van der Waals surface area contributed by atoms with Gasteiger partial charge in [0.2, 0.25) is 0 Å². The third kappa shape index (κ3) is 4.13. The Bertz CT molecular complexity index is 454. The van der Waals surface area contributed by atoms with Crippen LogP contribution in [-0.2, 0) is 0 Å². The molecule has 1 aromatic carbocycles. The summed E-state index contributed by atoms with van der Waals surface area (Å²) in [5.74, 6) is 1.76. The lowest BCUT2D eigenvalue weighted by Gasteiger charge is -2.26. The fourth-order valence-corrected chi connectivity index (χ4v) is 3.66. The van der Waals surface area contributed by atoms with E-state index in [-0.39, 0.29) is 0 Å². The van der Waals surface area contributed by atoms with Gasteiger partial charge in [-0.1, -0.05) is 32.1 Å². The highest BCUT2D eigenvalue weighted by Crippen LogP contribution is 2.41. The molecular formula is C17H25BrO3. The van der Waals surface area contributed by atoms with Crippen LogP contribution in [0.3, 0.4) is 0 Å². The summed E-state index contributed by atoms with van der Waals surface area (Å²) in [5, 5.41) is 10.8. The zero-order valence-corrected chi connectivity index (χ0v) is 14.5. The average molecular weight is 357 g/mol. The fourth-order valence-electron chi connectivity index (χ4n) is 3.17. The molecule has 0 saturated heterocycles. The smallest absolute Gasteiger partial charge is 0.133 e. The number of aliphatic hydroxyl groups is 1. The zero-order chi connectivity index (χ0) is 15.2. The molecule has 21 heavy (non-hydrogen) atoms. The van der Waals surface area contributed by atoms with Gasteiger partial charge in [-0.05, 0) is 46.8 Å². The minimum Gasteiger partial charge on any atom is -0.496 e. The summed E-state index contributed by atoms with van der Waals surface area (Å²) in [4.78, 5) is 0. The average Bonchev–Trinajstić information content (AvgIpc) is 2.46. The lowest BCUT2D eigenvalue weighted by Crippen LogP contribution is -2.15. The number of halogens is 1. The molecule has 0 amide bonds. The maximum Gasteiger partial charge on any atom is 0.133 e. The fraction of sp³-hybridized carbons (Fsp3) is 0.647. The predicted molar refractivity (Wildman–Crippen MR) is 88.0 cm³/mol. The molecule has 4 heteroatoms. The Morgan fingerprint density at radius 3 is 2.14 bits per heavy atom. The highest BCUT2D eigenvalue weighted by atomic mass is 79.9. The monoisotopic (exact) mass is 356 g/mol. The van der Waals surface area contributed by atoms with Crippen LogP contribution >= 0.6 is 15.9 Å². The quantitative estimate of drug-likeness (QED) is 0.836. The minimum atomic E-state index is -0.486. The second-order valence-corrected chi connectivity index (χ2v) is 6.63. The Balaban J connectivity index is 2.25. The summed E-state index contributed by atoms with van der Waals surface area (Å²) in [7, 11) is 3.28. The number of aliphatic hydroxyl groups excluding tert-OH is 1. The molecule has 1 saturated carbocycles. The van der Waals surface area contributed by atoms with E-state index in [1.54, 1.807) is 14.2 Å². The van der Waals surface area contributed by atoms with Gasteiger partial charge in [-0.2, -0.15) is 0 Å². The van der Waals surface area contributed by atoms with Crippen LogP contribution in [0.25, 0.3) is 0 Å². The highest BCUT2D eigenvalue weighted by molar-refractivity contribution is 9.10. The first-order chi connectivity index (χ1) is 10.2. The molecule has 0 radical (unpaired) electrons. The van der Waals surface area contributed by atoms with Crippen molar-refractivity contribution in [2.45, 2.75) is 51.0 Å². The van der Waals surface area contributed by atoms with Crippen molar-refractivity contribution < 1.29 is 14.6 Å². The maximum atomic E-state index is 10.8. The molecule has 1 aliphatic carbocycles. The van der Waals surface area contributed by atoms with Crippen molar-refractivity contribution in [3.8, 4) is 11.5 Å². The van der Waals surface area contributed by atoms with Gasteiger partial charge in [0, 0.05) is 5.56 Å². The summed E-state index contributed by atoms with van der Waals surface area (Å²) in [6, 6.07) is 3.77. The number of hydrogen-bond donors (Lipinski definition) is 1. The predicted octanol–water partition coefficient (Wildman–Crippen LogP) is 4.86. The van der Waals surface area contributed by atoms with Gasteiger partial charge >= 0.3 is 0 Å². The molecule has 0 aromatic heterocycles. The first kappa shape index (κ1) is 16.6. The summed E-state index contributed by atoms with van der Waals surface area (Å²) < 4.78 is 11.6. The van der Waals surface area contributed by atoms with Crippen LogP contribution in [0.4, 0.5) is 0 Å². The van der Waals surface area contributed by atoms with Crippen molar-refractivity contribution in [2.24, 2.45) is 5.92 Å². The van der Waals surface area contributed by atoms with E-state index in [9.17, 15) is 5.11 Å². The molecule has 1 N–H and O–H groups in total. The molecule has 0 spiro atoms. The van der Waals surface area contributed by atoms with E-state index in [1.165, 1.54) is 32.1 Å². The van der Waals surface area contributed by atoms with Crippen LogP contribution in [0, 0.1) is 5.92 Å². The Morgan fingerprint density at radius 1 is 1.00 bits per heavy atom. The molecule has 1 atom stereocenters. The SMILES string of the molecule is COc1cc(C(O)C2CCCCCCC2)c(OC)cc1Br. The van der Waals surface area contributed by atoms with Gasteiger partial charge in [-0.15, -0.1) is 0 Å². The van der Waals surface area contributed by atoms with Crippen LogP contribution in [0.1, 0.15) is 56.6 Å². The van der Waals surface area contributed by atoms with Crippen molar-refractivity contribution in [3.63, 3.8) is 0 Å². The third-order valence-corrected chi connectivity index (χ3v) is 5.04.